The second-order valence-electron chi connectivity index (χ2n) is 5.16. The van der Waals surface area contributed by atoms with E-state index in [1.54, 1.807) is 0 Å². The van der Waals surface area contributed by atoms with Gasteiger partial charge in [0, 0.05) is 23.5 Å². The van der Waals surface area contributed by atoms with E-state index in [9.17, 15) is 0 Å². The summed E-state index contributed by atoms with van der Waals surface area (Å²) in [5, 5.41) is 0. The second-order valence-corrected chi connectivity index (χ2v) is 5.16. The maximum Gasteiger partial charge on any atom is 0.140 e. The number of aromatic nitrogens is 2. The number of imidazole rings is 1. The van der Waals surface area contributed by atoms with E-state index in [0.29, 0.717) is 0 Å². The van der Waals surface area contributed by atoms with Crippen molar-refractivity contribution in [3.8, 4) is 11.4 Å². The van der Waals surface area contributed by atoms with E-state index in [2.05, 4.69) is 61.5 Å². The van der Waals surface area contributed by atoms with E-state index in [4.69, 9.17) is 0 Å². The van der Waals surface area contributed by atoms with Gasteiger partial charge in [0.25, 0.3) is 0 Å². The van der Waals surface area contributed by atoms with Crippen molar-refractivity contribution in [2.45, 2.75) is 33.2 Å². The highest BCUT2D eigenvalue weighted by atomic mass is 15.1. The number of hydrogen-bond donors (Lipinski definition) is 0. The van der Waals surface area contributed by atoms with E-state index in [-0.39, 0.29) is 5.54 Å². The Bertz CT molecular complexity index is 472. The van der Waals surface area contributed by atoms with Crippen molar-refractivity contribution < 1.29 is 0 Å². The Morgan fingerprint density at radius 2 is 1.69 bits per heavy atom. The van der Waals surface area contributed by atoms with E-state index in [1.807, 2.05) is 12.4 Å². The molecule has 1 aromatic heterocycles. The van der Waals surface area contributed by atoms with E-state index in [1.165, 1.54) is 11.1 Å². The lowest BCUT2D eigenvalue weighted by Gasteiger charge is -2.23. The minimum Gasteiger partial charge on any atom is -0.326 e. The zero-order valence-corrected chi connectivity index (χ0v) is 10.4. The van der Waals surface area contributed by atoms with Crippen LogP contribution >= 0.6 is 0 Å². The highest BCUT2D eigenvalue weighted by Crippen LogP contribution is 2.24. The van der Waals surface area contributed by atoms with Crippen molar-refractivity contribution in [1.29, 1.82) is 0 Å². The molecular weight excluding hydrogens is 196 g/mol. The fourth-order valence-electron chi connectivity index (χ4n) is 1.76. The first-order valence-corrected chi connectivity index (χ1v) is 5.59. The van der Waals surface area contributed by atoms with Crippen LogP contribution in [0.25, 0.3) is 11.4 Å². The normalized spacial score (nSPS) is 11.8. The Kier molecular flexibility index (Phi) is 2.58. The van der Waals surface area contributed by atoms with E-state index in [0.717, 1.165) is 5.82 Å². The smallest absolute Gasteiger partial charge is 0.140 e. The third-order valence-electron chi connectivity index (χ3n) is 2.67. The fraction of sp³-hybridized carbons (Fsp3) is 0.357. The molecule has 0 unspecified atom stereocenters. The van der Waals surface area contributed by atoms with Crippen LogP contribution in [0.1, 0.15) is 26.3 Å². The van der Waals surface area contributed by atoms with Gasteiger partial charge in [-0.25, -0.2) is 4.98 Å². The molecule has 84 valence electrons. The molecule has 0 N–H and O–H groups in total. The van der Waals surface area contributed by atoms with Crippen LogP contribution in [0.4, 0.5) is 0 Å². The predicted octanol–water partition coefficient (Wildman–Crippen LogP) is 3.61. The average molecular weight is 214 g/mol. The van der Waals surface area contributed by atoms with Gasteiger partial charge in [0.2, 0.25) is 0 Å². The van der Waals surface area contributed by atoms with Gasteiger partial charge in [-0.3, -0.25) is 0 Å². The van der Waals surface area contributed by atoms with E-state index >= 15 is 0 Å². The second kappa shape index (κ2) is 3.78. The summed E-state index contributed by atoms with van der Waals surface area (Å²) in [5.74, 6) is 1.03. The van der Waals surface area contributed by atoms with Gasteiger partial charge in [0.1, 0.15) is 5.82 Å². The molecule has 0 bridgehead atoms. The lowest BCUT2D eigenvalue weighted by atomic mass is 10.1. The maximum absolute atomic E-state index is 4.45. The molecule has 1 aromatic carbocycles. The largest absolute Gasteiger partial charge is 0.326 e. The van der Waals surface area contributed by atoms with Gasteiger partial charge in [-0.15, -0.1) is 0 Å². The molecule has 1 heterocycles. The molecule has 0 spiro atoms. The number of rotatable bonds is 1. The molecule has 2 heteroatoms. The summed E-state index contributed by atoms with van der Waals surface area (Å²) in [5.41, 5.74) is 2.51. The molecule has 0 aliphatic heterocycles. The molecule has 0 aliphatic rings. The van der Waals surface area contributed by atoms with Crippen LogP contribution in [-0.2, 0) is 5.54 Å². The Morgan fingerprint density at radius 1 is 1.06 bits per heavy atom. The predicted molar refractivity (Wildman–Crippen MR) is 67.4 cm³/mol. The SMILES string of the molecule is Cc1ccc(-c2nccn2C(C)(C)C)cc1. The van der Waals surface area contributed by atoms with Crippen LogP contribution in [0, 0.1) is 6.92 Å². The first-order chi connectivity index (χ1) is 7.48. The Labute approximate surface area is 97.0 Å². The standard InChI is InChI=1S/C14H18N2/c1-11-5-7-12(8-6-11)13-15-9-10-16(13)14(2,3)4/h5-10H,1-4H3. The van der Waals surface area contributed by atoms with Crippen molar-refractivity contribution in [2.75, 3.05) is 0 Å². The zero-order chi connectivity index (χ0) is 11.8. The first-order valence-electron chi connectivity index (χ1n) is 5.59. The van der Waals surface area contributed by atoms with Crippen LogP contribution in [0.5, 0.6) is 0 Å². The van der Waals surface area contributed by atoms with Crippen LogP contribution in [0.3, 0.4) is 0 Å². The quantitative estimate of drug-likeness (QED) is 0.709. The van der Waals surface area contributed by atoms with Crippen molar-refractivity contribution >= 4 is 0 Å². The van der Waals surface area contributed by atoms with Crippen LogP contribution in [0.15, 0.2) is 36.7 Å². The molecule has 2 aromatic rings. The monoisotopic (exact) mass is 214 g/mol. The Hall–Kier alpha value is -1.57. The van der Waals surface area contributed by atoms with Gasteiger partial charge in [-0.05, 0) is 27.7 Å². The summed E-state index contributed by atoms with van der Waals surface area (Å²) in [4.78, 5) is 4.45. The van der Waals surface area contributed by atoms with Crippen molar-refractivity contribution in [2.24, 2.45) is 0 Å². The lowest BCUT2D eigenvalue weighted by molar-refractivity contribution is 0.401. The summed E-state index contributed by atoms with van der Waals surface area (Å²) in [6.07, 6.45) is 3.90. The molecule has 0 radical (unpaired) electrons. The molecule has 0 fully saturated rings. The number of hydrogen-bond acceptors (Lipinski definition) is 1. The van der Waals surface area contributed by atoms with Gasteiger partial charge in [-0.2, -0.15) is 0 Å². The molecule has 16 heavy (non-hydrogen) atoms. The zero-order valence-electron chi connectivity index (χ0n) is 10.4. The number of aryl methyl sites for hydroxylation is 1. The highest BCUT2D eigenvalue weighted by molar-refractivity contribution is 5.56. The van der Waals surface area contributed by atoms with Gasteiger partial charge in [0.05, 0.1) is 0 Å². The summed E-state index contributed by atoms with van der Waals surface area (Å²) >= 11 is 0. The molecular formula is C14H18N2. The highest BCUT2D eigenvalue weighted by Gasteiger charge is 2.17. The van der Waals surface area contributed by atoms with Gasteiger partial charge < -0.3 is 4.57 Å². The van der Waals surface area contributed by atoms with Crippen LogP contribution in [-0.4, -0.2) is 9.55 Å². The van der Waals surface area contributed by atoms with E-state index < -0.39 is 0 Å². The van der Waals surface area contributed by atoms with Gasteiger partial charge >= 0.3 is 0 Å². The summed E-state index contributed by atoms with van der Waals surface area (Å²) < 4.78 is 2.21. The lowest BCUT2D eigenvalue weighted by Crippen LogP contribution is -2.21. The summed E-state index contributed by atoms with van der Waals surface area (Å²) in [6.45, 7) is 8.66. The fourth-order valence-corrected chi connectivity index (χ4v) is 1.76. The van der Waals surface area contributed by atoms with Crippen molar-refractivity contribution in [1.82, 2.24) is 9.55 Å². The summed E-state index contributed by atoms with van der Waals surface area (Å²) in [7, 11) is 0. The van der Waals surface area contributed by atoms with Crippen LogP contribution < -0.4 is 0 Å². The number of benzene rings is 1. The minimum atomic E-state index is 0.0662. The minimum absolute atomic E-state index is 0.0662. The third kappa shape index (κ3) is 2.01. The van der Waals surface area contributed by atoms with Gasteiger partial charge in [-0.1, -0.05) is 29.8 Å². The third-order valence-corrected chi connectivity index (χ3v) is 2.67. The molecule has 0 amide bonds. The maximum atomic E-state index is 4.45. The molecule has 0 saturated carbocycles. The molecule has 0 atom stereocenters. The Balaban J connectivity index is 2.49. The average Bonchev–Trinajstić information content (AvgIpc) is 2.66. The topological polar surface area (TPSA) is 17.8 Å². The Morgan fingerprint density at radius 3 is 2.25 bits per heavy atom. The summed E-state index contributed by atoms with van der Waals surface area (Å²) in [6, 6.07) is 8.49. The van der Waals surface area contributed by atoms with Crippen molar-refractivity contribution in [3.05, 3.63) is 42.2 Å². The first kappa shape index (κ1) is 10.9. The van der Waals surface area contributed by atoms with Gasteiger partial charge in [0.15, 0.2) is 0 Å². The molecule has 0 saturated heterocycles. The molecule has 2 rings (SSSR count). The number of nitrogens with zero attached hydrogens (tertiary/aromatic N) is 2. The van der Waals surface area contributed by atoms with Crippen LogP contribution in [0.2, 0.25) is 0 Å². The molecule has 2 nitrogen and oxygen atoms in total. The van der Waals surface area contributed by atoms with Crippen molar-refractivity contribution in [3.63, 3.8) is 0 Å². The molecule has 0 aliphatic carbocycles.